The van der Waals surface area contributed by atoms with Gasteiger partial charge in [-0.25, -0.2) is 9.78 Å². The summed E-state index contributed by atoms with van der Waals surface area (Å²) in [6.07, 6.45) is 0. The van der Waals surface area contributed by atoms with Crippen molar-refractivity contribution in [2.24, 2.45) is 7.05 Å². The number of aromatic nitrogens is 2. The molecule has 0 aromatic carbocycles. The molecule has 0 aliphatic heterocycles. The summed E-state index contributed by atoms with van der Waals surface area (Å²) in [5, 5.41) is 0. The molecule has 0 spiro atoms. The van der Waals surface area contributed by atoms with E-state index in [0.29, 0.717) is 18.3 Å². The molecule has 18 heavy (non-hydrogen) atoms. The van der Waals surface area contributed by atoms with Crippen molar-refractivity contribution in [3.8, 4) is 11.5 Å². The Bertz CT molecular complexity index is 586. The Hall–Kier alpha value is -1.56. The zero-order valence-corrected chi connectivity index (χ0v) is 11.9. The van der Waals surface area contributed by atoms with Gasteiger partial charge < -0.3 is 13.7 Å². The maximum absolute atomic E-state index is 11.8. The van der Waals surface area contributed by atoms with Gasteiger partial charge in [0.2, 0.25) is 0 Å². The lowest BCUT2D eigenvalue weighted by Gasteiger charge is -2.03. The van der Waals surface area contributed by atoms with E-state index in [9.17, 15) is 4.79 Å². The van der Waals surface area contributed by atoms with Crippen LogP contribution in [0.2, 0.25) is 0 Å². The van der Waals surface area contributed by atoms with Crippen LogP contribution in [0.5, 0.6) is 0 Å². The van der Waals surface area contributed by atoms with Crippen LogP contribution < -0.4 is 0 Å². The first-order valence-electron chi connectivity index (χ1n) is 5.50. The van der Waals surface area contributed by atoms with Gasteiger partial charge in [-0.2, -0.15) is 0 Å². The molecule has 0 saturated heterocycles. The molecule has 0 unspecified atom stereocenters. The number of aryl methyl sites for hydroxylation is 1. The first kappa shape index (κ1) is 12.9. The molecule has 0 bridgehead atoms. The van der Waals surface area contributed by atoms with Crippen LogP contribution in [0.15, 0.2) is 21.2 Å². The molecule has 2 rings (SSSR count). The average Bonchev–Trinajstić information content (AvgIpc) is 2.85. The Labute approximate surface area is 113 Å². The molecule has 5 nitrogen and oxygen atoms in total. The van der Waals surface area contributed by atoms with Crippen molar-refractivity contribution in [1.29, 1.82) is 0 Å². The fraction of sp³-hybridized carbons (Fsp3) is 0.333. The third kappa shape index (κ3) is 2.20. The fourth-order valence-corrected chi connectivity index (χ4v) is 1.98. The minimum absolute atomic E-state index is 0.211. The van der Waals surface area contributed by atoms with Crippen LogP contribution in [0.25, 0.3) is 11.5 Å². The van der Waals surface area contributed by atoms with Crippen molar-refractivity contribution < 1.29 is 13.9 Å². The summed E-state index contributed by atoms with van der Waals surface area (Å²) in [5.74, 6) is 0.395. The number of ether oxygens (including phenoxy) is 1. The van der Waals surface area contributed by atoms with E-state index in [0.717, 1.165) is 10.3 Å². The summed E-state index contributed by atoms with van der Waals surface area (Å²) in [5.41, 5.74) is 0.980. The largest absolute Gasteiger partial charge is 0.461 e. The molecule has 0 amide bonds. The van der Waals surface area contributed by atoms with E-state index in [1.807, 2.05) is 23.7 Å². The molecule has 0 aliphatic rings. The third-order valence-electron chi connectivity index (χ3n) is 2.50. The van der Waals surface area contributed by atoms with Gasteiger partial charge in [-0.1, -0.05) is 0 Å². The van der Waals surface area contributed by atoms with Gasteiger partial charge in [0.15, 0.2) is 17.3 Å². The van der Waals surface area contributed by atoms with Crippen molar-refractivity contribution in [3.05, 3.63) is 28.3 Å². The van der Waals surface area contributed by atoms with Crippen LogP contribution in [0.3, 0.4) is 0 Å². The lowest BCUT2D eigenvalue weighted by molar-refractivity contribution is 0.0520. The predicted molar refractivity (Wildman–Crippen MR) is 69.3 cm³/mol. The van der Waals surface area contributed by atoms with Gasteiger partial charge in [0.05, 0.1) is 16.9 Å². The summed E-state index contributed by atoms with van der Waals surface area (Å²) in [7, 11) is 1.87. The molecule has 0 aliphatic carbocycles. The molecule has 2 aromatic heterocycles. The summed E-state index contributed by atoms with van der Waals surface area (Å²) in [6, 6.07) is 3.73. The van der Waals surface area contributed by atoms with E-state index in [-0.39, 0.29) is 5.69 Å². The average molecular weight is 313 g/mol. The second-order valence-electron chi connectivity index (χ2n) is 3.73. The Balaban J connectivity index is 2.51. The predicted octanol–water partition coefficient (Wildman–Crippen LogP) is 2.93. The zero-order chi connectivity index (χ0) is 13.3. The van der Waals surface area contributed by atoms with Crippen molar-refractivity contribution in [3.63, 3.8) is 0 Å². The molecule has 0 saturated carbocycles. The van der Waals surface area contributed by atoms with Crippen molar-refractivity contribution in [2.45, 2.75) is 13.8 Å². The molecular weight excluding hydrogens is 300 g/mol. The molecule has 96 valence electrons. The normalized spacial score (nSPS) is 10.7. The molecular formula is C12H13BrN2O3. The van der Waals surface area contributed by atoms with Gasteiger partial charge in [-0.3, -0.25) is 0 Å². The summed E-state index contributed by atoms with van der Waals surface area (Å²) >= 11 is 3.40. The molecule has 0 atom stereocenters. The van der Waals surface area contributed by atoms with Crippen molar-refractivity contribution >= 4 is 21.9 Å². The Morgan fingerprint density at radius 3 is 2.83 bits per heavy atom. The van der Waals surface area contributed by atoms with E-state index in [2.05, 4.69) is 20.9 Å². The number of hydrogen-bond acceptors (Lipinski definition) is 4. The first-order valence-corrected chi connectivity index (χ1v) is 6.30. The lowest BCUT2D eigenvalue weighted by atomic mass is 10.2. The molecule has 0 fully saturated rings. The smallest absolute Gasteiger partial charge is 0.361 e. The lowest BCUT2D eigenvalue weighted by Crippen LogP contribution is -2.07. The van der Waals surface area contributed by atoms with E-state index < -0.39 is 5.97 Å². The topological polar surface area (TPSA) is 57.3 Å². The SMILES string of the molecule is CCOC(=O)c1nc(C)oc1-c1ccc(Br)n1C. The Kier molecular flexibility index (Phi) is 3.56. The van der Waals surface area contributed by atoms with Crippen LogP contribution in [0, 0.1) is 6.92 Å². The standard InChI is InChI=1S/C12H13BrN2O3/c1-4-17-12(16)10-11(18-7(2)14-10)8-5-6-9(13)15(8)3/h5-6H,4H2,1-3H3. The van der Waals surface area contributed by atoms with Crippen LogP contribution in [0.1, 0.15) is 23.3 Å². The van der Waals surface area contributed by atoms with Crippen LogP contribution in [0.4, 0.5) is 0 Å². The number of carbonyl (C=O) groups excluding carboxylic acids is 1. The van der Waals surface area contributed by atoms with E-state index in [4.69, 9.17) is 9.15 Å². The number of carbonyl (C=O) groups is 1. The van der Waals surface area contributed by atoms with Crippen LogP contribution in [-0.4, -0.2) is 22.1 Å². The van der Waals surface area contributed by atoms with Gasteiger partial charge in [-0.15, -0.1) is 0 Å². The van der Waals surface area contributed by atoms with Crippen molar-refractivity contribution in [2.75, 3.05) is 6.61 Å². The first-order chi connectivity index (χ1) is 8.54. The van der Waals surface area contributed by atoms with Crippen molar-refractivity contribution in [1.82, 2.24) is 9.55 Å². The minimum atomic E-state index is -0.471. The molecule has 0 radical (unpaired) electrons. The highest BCUT2D eigenvalue weighted by molar-refractivity contribution is 9.10. The number of halogens is 1. The van der Waals surface area contributed by atoms with Gasteiger partial charge in [-0.05, 0) is 35.0 Å². The monoisotopic (exact) mass is 312 g/mol. The summed E-state index contributed by atoms with van der Waals surface area (Å²) < 4.78 is 13.2. The number of oxazole rings is 1. The molecule has 2 heterocycles. The van der Waals surface area contributed by atoms with Gasteiger partial charge >= 0.3 is 5.97 Å². The summed E-state index contributed by atoms with van der Waals surface area (Å²) in [4.78, 5) is 15.9. The van der Waals surface area contributed by atoms with Gasteiger partial charge in [0.25, 0.3) is 0 Å². The Morgan fingerprint density at radius 2 is 2.28 bits per heavy atom. The van der Waals surface area contributed by atoms with E-state index >= 15 is 0 Å². The fourth-order valence-electron chi connectivity index (χ4n) is 1.65. The number of esters is 1. The highest BCUT2D eigenvalue weighted by Crippen LogP contribution is 2.28. The Morgan fingerprint density at radius 1 is 1.56 bits per heavy atom. The third-order valence-corrected chi connectivity index (χ3v) is 3.29. The molecule has 2 aromatic rings. The van der Waals surface area contributed by atoms with Crippen LogP contribution in [-0.2, 0) is 11.8 Å². The summed E-state index contributed by atoms with van der Waals surface area (Å²) in [6.45, 7) is 3.76. The zero-order valence-electron chi connectivity index (χ0n) is 10.4. The maximum atomic E-state index is 11.8. The van der Waals surface area contributed by atoms with Gasteiger partial charge in [0, 0.05) is 14.0 Å². The minimum Gasteiger partial charge on any atom is -0.461 e. The molecule has 6 heteroatoms. The van der Waals surface area contributed by atoms with Crippen LogP contribution >= 0.6 is 15.9 Å². The highest BCUT2D eigenvalue weighted by atomic mass is 79.9. The number of nitrogens with zero attached hydrogens (tertiary/aromatic N) is 2. The number of hydrogen-bond donors (Lipinski definition) is 0. The molecule has 0 N–H and O–H groups in total. The number of rotatable bonds is 3. The van der Waals surface area contributed by atoms with E-state index in [1.54, 1.807) is 13.8 Å². The second kappa shape index (κ2) is 4.97. The highest BCUT2D eigenvalue weighted by Gasteiger charge is 2.23. The maximum Gasteiger partial charge on any atom is 0.361 e. The van der Waals surface area contributed by atoms with E-state index in [1.165, 1.54) is 0 Å². The quantitative estimate of drug-likeness (QED) is 0.818. The van der Waals surface area contributed by atoms with Gasteiger partial charge in [0.1, 0.15) is 0 Å². The second-order valence-corrected chi connectivity index (χ2v) is 4.54.